The van der Waals surface area contributed by atoms with Crippen molar-refractivity contribution in [1.29, 1.82) is 0 Å². The number of anilines is 2. The summed E-state index contributed by atoms with van der Waals surface area (Å²) in [6.07, 6.45) is 3.24. The molecule has 1 aliphatic rings. The molecule has 1 aromatic rings. The van der Waals surface area contributed by atoms with Crippen LogP contribution in [-0.2, 0) is 4.79 Å². The maximum atomic E-state index is 12.3. The van der Waals surface area contributed by atoms with E-state index >= 15 is 0 Å². The quantitative estimate of drug-likeness (QED) is 0.839. The van der Waals surface area contributed by atoms with E-state index in [0.29, 0.717) is 10.0 Å². The van der Waals surface area contributed by atoms with Crippen LogP contribution < -0.4 is 10.2 Å². The second-order valence-corrected chi connectivity index (χ2v) is 5.66. The molecule has 1 atom stereocenters. The average Bonchev–Trinajstić information content (AvgIpc) is 2.37. The van der Waals surface area contributed by atoms with Gasteiger partial charge in [0.2, 0.25) is 5.91 Å². The van der Waals surface area contributed by atoms with Gasteiger partial charge in [-0.1, -0.05) is 43.0 Å². The molecule has 0 aromatic heterocycles. The van der Waals surface area contributed by atoms with Crippen molar-refractivity contribution in [2.45, 2.75) is 39.2 Å². The van der Waals surface area contributed by atoms with E-state index in [-0.39, 0.29) is 11.9 Å². The average molecular weight is 301 g/mol. The van der Waals surface area contributed by atoms with Gasteiger partial charge >= 0.3 is 0 Å². The van der Waals surface area contributed by atoms with Gasteiger partial charge in [0.15, 0.2) is 0 Å². The first-order valence-electron chi connectivity index (χ1n) is 6.61. The van der Waals surface area contributed by atoms with Crippen LogP contribution >= 0.6 is 23.2 Å². The highest BCUT2D eigenvalue weighted by Crippen LogP contribution is 2.38. The zero-order valence-electron chi connectivity index (χ0n) is 11.2. The van der Waals surface area contributed by atoms with Crippen LogP contribution in [-0.4, -0.2) is 18.5 Å². The van der Waals surface area contributed by atoms with Gasteiger partial charge in [0.05, 0.1) is 21.4 Å². The Balaban J connectivity index is 2.32. The maximum absolute atomic E-state index is 12.3. The first-order valence-corrected chi connectivity index (χ1v) is 7.37. The number of halogens is 2. The molecule has 3 nitrogen and oxygen atoms in total. The number of benzene rings is 1. The third kappa shape index (κ3) is 2.98. The van der Waals surface area contributed by atoms with Crippen molar-refractivity contribution < 1.29 is 4.79 Å². The molecular weight excluding hydrogens is 283 g/mol. The topological polar surface area (TPSA) is 32.3 Å². The first kappa shape index (κ1) is 14.5. The zero-order valence-corrected chi connectivity index (χ0v) is 12.7. The number of fused-ring (bicyclic) bond motifs is 1. The lowest BCUT2D eigenvalue weighted by Crippen LogP contribution is -2.46. The molecule has 1 unspecified atom stereocenters. The molecular formula is C14H18Cl2N2O. The van der Waals surface area contributed by atoms with Gasteiger partial charge in [-0.25, -0.2) is 0 Å². The summed E-state index contributed by atoms with van der Waals surface area (Å²) in [6, 6.07) is 3.32. The van der Waals surface area contributed by atoms with Crippen LogP contribution in [0.4, 0.5) is 11.4 Å². The molecule has 1 aliphatic heterocycles. The van der Waals surface area contributed by atoms with Crippen LogP contribution in [0.3, 0.4) is 0 Å². The van der Waals surface area contributed by atoms with Gasteiger partial charge in [-0.3, -0.25) is 4.79 Å². The zero-order chi connectivity index (χ0) is 14.0. The van der Waals surface area contributed by atoms with Crippen molar-refractivity contribution in [3.63, 3.8) is 0 Å². The van der Waals surface area contributed by atoms with Gasteiger partial charge in [-0.15, -0.1) is 0 Å². The maximum Gasteiger partial charge on any atom is 0.249 e. The largest absolute Gasteiger partial charge is 0.372 e. The number of hydrogen-bond donors (Lipinski definition) is 1. The van der Waals surface area contributed by atoms with Crippen LogP contribution in [0.15, 0.2) is 12.1 Å². The van der Waals surface area contributed by atoms with Gasteiger partial charge in [0.25, 0.3) is 0 Å². The summed E-state index contributed by atoms with van der Waals surface area (Å²) in [5.74, 6) is 0.0852. The highest BCUT2D eigenvalue weighted by atomic mass is 35.5. The molecule has 19 heavy (non-hydrogen) atoms. The Labute approximate surface area is 123 Å². The van der Waals surface area contributed by atoms with Crippen molar-refractivity contribution in [2.75, 3.05) is 16.8 Å². The Morgan fingerprint density at radius 2 is 1.95 bits per heavy atom. The van der Waals surface area contributed by atoms with Crippen LogP contribution in [0, 0.1) is 0 Å². The highest BCUT2D eigenvalue weighted by molar-refractivity contribution is 6.42. The van der Waals surface area contributed by atoms with E-state index in [9.17, 15) is 4.79 Å². The van der Waals surface area contributed by atoms with Crippen LogP contribution in [0.25, 0.3) is 0 Å². The molecule has 0 aliphatic carbocycles. The molecule has 0 spiro atoms. The van der Waals surface area contributed by atoms with Gasteiger partial charge in [0.1, 0.15) is 6.04 Å². The summed E-state index contributed by atoms with van der Waals surface area (Å²) in [7, 11) is 0. The van der Waals surface area contributed by atoms with Gasteiger partial charge in [0, 0.05) is 6.54 Å². The second-order valence-electron chi connectivity index (χ2n) is 4.85. The number of amides is 1. The molecule has 5 heteroatoms. The summed E-state index contributed by atoms with van der Waals surface area (Å²) in [5.41, 5.74) is 1.70. The van der Waals surface area contributed by atoms with Crippen molar-refractivity contribution in [3.8, 4) is 0 Å². The van der Waals surface area contributed by atoms with E-state index in [4.69, 9.17) is 23.2 Å². The van der Waals surface area contributed by atoms with Crippen molar-refractivity contribution >= 4 is 40.5 Å². The van der Waals surface area contributed by atoms with Gasteiger partial charge in [-0.05, 0) is 25.5 Å². The molecule has 1 N–H and O–H groups in total. The highest BCUT2D eigenvalue weighted by Gasteiger charge is 2.29. The molecule has 0 bridgehead atoms. The van der Waals surface area contributed by atoms with Gasteiger partial charge < -0.3 is 10.2 Å². The fourth-order valence-corrected chi connectivity index (χ4v) is 2.59. The number of unbranched alkanes of at least 4 members (excludes halogenated alkanes) is 2. The van der Waals surface area contributed by atoms with E-state index in [2.05, 4.69) is 12.2 Å². The normalized spacial score (nSPS) is 18.2. The Morgan fingerprint density at radius 3 is 2.63 bits per heavy atom. The lowest BCUT2D eigenvalue weighted by molar-refractivity contribution is -0.119. The Kier molecular flexibility index (Phi) is 4.58. The number of hydrogen-bond acceptors (Lipinski definition) is 2. The van der Waals surface area contributed by atoms with E-state index in [0.717, 1.165) is 37.2 Å². The summed E-state index contributed by atoms with van der Waals surface area (Å²) in [5, 5.41) is 4.14. The lowest BCUT2D eigenvalue weighted by Gasteiger charge is -2.34. The van der Waals surface area contributed by atoms with E-state index in [1.54, 1.807) is 12.1 Å². The van der Waals surface area contributed by atoms with E-state index < -0.39 is 0 Å². The Hall–Kier alpha value is -0.930. The molecule has 1 heterocycles. The third-order valence-electron chi connectivity index (χ3n) is 3.32. The predicted molar refractivity (Wildman–Crippen MR) is 81.4 cm³/mol. The smallest absolute Gasteiger partial charge is 0.249 e. The van der Waals surface area contributed by atoms with Crippen LogP contribution in [0.1, 0.15) is 33.1 Å². The molecule has 1 amide bonds. The Morgan fingerprint density at radius 1 is 1.26 bits per heavy atom. The van der Waals surface area contributed by atoms with Crippen LogP contribution in [0.2, 0.25) is 10.0 Å². The molecule has 0 saturated carbocycles. The summed E-state index contributed by atoms with van der Waals surface area (Å²) >= 11 is 12.1. The van der Waals surface area contributed by atoms with Crippen molar-refractivity contribution in [2.24, 2.45) is 0 Å². The molecule has 104 valence electrons. The lowest BCUT2D eigenvalue weighted by atomic mass is 10.1. The Bertz CT molecular complexity index is 491. The number of rotatable bonds is 4. The minimum atomic E-state index is -0.230. The van der Waals surface area contributed by atoms with Crippen molar-refractivity contribution in [3.05, 3.63) is 22.2 Å². The summed E-state index contributed by atoms with van der Waals surface area (Å²) < 4.78 is 0. The molecule has 0 radical (unpaired) electrons. The second kappa shape index (κ2) is 6.02. The van der Waals surface area contributed by atoms with E-state index in [1.807, 2.05) is 11.8 Å². The van der Waals surface area contributed by atoms with Crippen LogP contribution in [0.5, 0.6) is 0 Å². The third-order valence-corrected chi connectivity index (χ3v) is 4.05. The number of carbonyl (C=O) groups excluding carboxylic acids is 1. The number of nitrogens with zero attached hydrogens (tertiary/aromatic N) is 1. The first-order chi connectivity index (χ1) is 9.04. The summed E-state index contributed by atoms with van der Waals surface area (Å²) in [4.78, 5) is 14.1. The SMILES string of the molecule is CCCCCN1C(=O)C(C)Nc2cc(Cl)c(Cl)cc21. The standard InChI is InChI=1S/C14H18Cl2N2O/c1-3-4-5-6-18-13-8-11(16)10(15)7-12(13)17-9(2)14(18)19/h7-9,17H,3-6H2,1-2H3. The number of nitrogens with one attached hydrogen (secondary N) is 1. The minimum Gasteiger partial charge on any atom is -0.372 e. The minimum absolute atomic E-state index is 0.0852. The van der Waals surface area contributed by atoms with E-state index in [1.165, 1.54) is 0 Å². The summed E-state index contributed by atoms with van der Waals surface area (Å²) in [6.45, 7) is 4.73. The fourth-order valence-electron chi connectivity index (χ4n) is 2.27. The monoisotopic (exact) mass is 300 g/mol. The molecule has 0 saturated heterocycles. The number of carbonyl (C=O) groups is 1. The molecule has 0 fully saturated rings. The fraction of sp³-hybridized carbons (Fsp3) is 0.500. The molecule has 1 aromatic carbocycles. The predicted octanol–water partition coefficient (Wildman–Crippen LogP) is 4.33. The van der Waals surface area contributed by atoms with Crippen molar-refractivity contribution in [1.82, 2.24) is 0 Å². The van der Waals surface area contributed by atoms with Gasteiger partial charge in [-0.2, -0.15) is 0 Å². The molecule has 2 rings (SSSR count).